The summed E-state index contributed by atoms with van der Waals surface area (Å²) < 4.78 is 0. The summed E-state index contributed by atoms with van der Waals surface area (Å²) in [6.07, 6.45) is 2.67. The van der Waals surface area contributed by atoms with Crippen molar-refractivity contribution in [2.24, 2.45) is 5.73 Å². The second-order valence-corrected chi connectivity index (χ2v) is 3.30. The van der Waals surface area contributed by atoms with Crippen molar-refractivity contribution in [2.75, 3.05) is 0 Å². The lowest BCUT2D eigenvalue weighted by Gasteiger charge is -2.00. The van der Waals surface area contributed by atoms with Gasteiger partial charge in [0.05, 0.1) is 5.69 Å². The van der Waals surface area contributed by atoms with E-state index in [1.807, 2.05) is 18.2 Å². The Labute approximate surface area is 88.5 Å². The lowest BCUT2D eigenvalue weighted by atomic mass is 10.1. The van der Waals surface area contributed by atoms with Gasteiger partial charge in [0, 0.05) is 24.0 Å². The summed E-state index contributed by atoms with van der Waals surface area (Å²) in [6.45, 7) is 2.57. The third-order valence-electron chi connectivity index (χ3n) is 2.42. The van der Waals surface area contributed by atoms with Crippen molar-refractivity contribution < 1.29 is 0 Å². The highest BCUT2D eigenvalue weighted by atomic mass is 15.1. The Morgan fingerprint density at radius 3 is 2.87 bits per heavy atom. The van der Waals surface area contributed by atoms with E-state index in [2.05, 4.69) is 22.1 Å². The first-order chi connectivity index (χ1) is 7.36. The van der Waals surface area contributed by atoms with Crippen molar-refractivity contribution in [3.63, 3.8) is 0 Å². The van der Waals surface area contributed by atoms with Crippen molar-refractivity contribution in [3.8, 4) is 11.4 Å². The first-order valence-electron chi connectivity index (χ1n) is 5.04. The average Bonchev–Trinajstić information content (AvgIpc) is 2.72. The predicted octanol–water partition coefficient (Wildman–Crippen LogP) is 1.49. The number of aromatic amines is 1. The highest BCUT2D eigenvalue weighted by Crippen LogP contribution is 2.21. The number of nitrogens with two attached hydrogens (primary N) is 1. The number of aromatic nitrogens is 3. The van der Waals surface area contributed by atoms with Gasteiger partial charge in [-0.3, -0.25) is 10.1 Å². The molecule has 0 spiro atoms. The molecule has 0 aromatic carbocycles. The van der Waals surface area contributed by atoms with Gasteiger partial charge in [-0.1, -0.05) is 13.0 Å². The van der Waals surface area contributed by atoms with Crippen molar-refractivity contribution >= 4 is 0 Å². The van der Waals surface area contributed by atoms with Gasteiger partial charge in [0.2, 0.25) is 0 Å². The van der Waals surface area contributed by atoms with Crippen LogP contribution < -0.4 is 5.73 Å². The standard InChI is InChI=1S/C11H14N4/c1-2-9-8(7-12)11(15-14-9)10-5-3-4-6-13-10/h3-6H,2,7,12H2,1H3,(H,14,15). The average molecular weight is 202 g/mol. The number of hydrogen-bond acceptors (Lipinski definition) is 3. The zero-order chi connectivity index (χ0) is 10.7. The maximum Gasteiger partial charge on any atom is 0.115 e. The summed E-state index contributed by atoms with van der Waals surface area (Å²) in [7, 11) is 0. The fourth-order valence-electron chi connectivity index (χ4n) is 1.63. The van der Waals surface area contributed by atoms with Gasteiger partial charge >= 0.3 is 0 Å². The van der Waals surface area contributed by atoms with Gasteiger partial charge in [0.15, 0.2) is 0 Å². The molecule has 0 aliphatic rings. The summed E-state index contributed by atoms with van der Waals surface area (Å²) in [6, 6.07) is 5.77. The largest absolute Gasteiger partial charge is 0.326 e. The Morgan fingerprint density at radius 2 is 2.27 bits per heavy atom. The number of hydrogen-bond donors (Lipinski definition) is 2. The number of pyridine rings is 1. The van der Waals surface area contributed by atoms with Gasteiger partial charge in [-0.15, -0.1) is 0 Å². The molecule has 4 nitrogen and oxygen atoms in total. The molecule has 0 amide bonds. The molecule has 0 fully saturated rings. The van der Waals surface area contributed by atoms with E-state index in [0.29, 0.717) is 6.54 Å². The molecule has 0 aliphatic carbocycles. The third-order valence-corrected chi connectivity index (χ3v) is 2.42. The minimum atomic E-state index is 0.492. The molecule has 4 heteroatoms. The topological polar surface area (TPSA) is 67.6 Å². The Morgan fingerprint density at radius 1 is 1.40 bits per heavy atom. The van der Waals surface area contributed by atoms with E-state index < -0.39 is 0 Å². The minimum absolute atomic E-state index is 0.492. The third kappa shape index (κ3) is 1.76. The zero-order valence-corrected chi connectivity index (χ0v) is 8.70. The maximum atomic E-state index is 5.72. The molecular weight excluding hydrogens is 188 g/mol. The van der Waals surface area contributed by atoms with Crippen LogP contribution in [0.5, 0.6) is 0 Å². The van der Waals surface area contributed by atoms with Crippen LogP contribution in [0.1, 0.15) is 18.2 Å². The van der Waals surface area contributed by atoms with E-state index in [4.69, 9.17) is 5.73 Å². The molecule has 2 heterocycles. The summed E-state index contributed by atoms with van der Waals surface area (Å²) in [5.41, 5.74) is 9.62. The molecular formula is C11H14N4. The van der Waals surface area contributed by atoms with E-state index in [0.717, 1.165) is 29.1 Å². The molecule has 0 bridgehead atoms. The monoisotopic (exact) mass is 202 g/mol. The molecule has 78 valence electrons. The highest BCUT2D eigenvalue weighted by Gasteiger charge is 2.12. The maximum absolute atomic E-state index is 5.72. The van der Waals surface area contributed by atoms with Gasteiger partial charge in [-0.2, -0.15) is 5.10 Å². The number of H-pyrrole nitrogens is 1. The number of nitrogens with one attached hydrogen (secondary N) is 1. The Bertz CT molecular complexity index is 433. The Kier molecular flexibility index (Phi) is 2.78. The SMILES string of the molecule is CCc1[nH]nc(-c2ccccn2)c1CN. The summed E-state index contributed by atoms with van der Waals surface area (Å²) in [4.78, 5) is 4.27. The Hall–Kier alpha value is -1.68. The summed E-state index contributed by atoms with van der Waals surface area (Å²) >= 11 is 0. The van der Waals surface area contributed by atoms with Crippen LogP contribution in [0.25, 0.3) is 11.4 Å². The lowest BCUT2D eigenvalue weighted by Crippen LogP contribution is -2.00. The van der Waals surface area contributed by atoms with Crippen LogP contribution in [0, 0.1) is 0 Å². The quantitative estimate of drug-likeness (QED) is 0.792. The van der Waals surface area contributed by atoms with E-state index in [1.54, 1.807) is 6.20 Å². The van der Waals surface area contributed by atoms with Gasteiger partial charge in [0.25, 0.3) is 0 Å². The fourth-order valence-corrected chi connectivity index (χ4v) is 1.63. The number of rotatable bonds is 3. The van der Waals surface area contributed by atoms with Gasteiger partial charge in [-0.25, -0.2) is 0 Å². The van der Waals surface area contributed by atoms with Crippen LogP contribution in [-0.4, -0.2) is 15.2 Å². The lowest BCUT2D eigenvalue weighted by molar-refractivity contribution is 0.948. The van der Waals surface area contributed by atoms with Crippen LogP contribution in [0.4, 0.5) is 0 Å². The van der Waals surface area contributed by atoms with Crippen molar-refractivity contribution in [1.82, 2.24) is 15.2 Å². The van der Waals surface area contributed by atoms with Crippen molar-refractivity contribution in [3.05, 3.63) is 35.7 Å². The van der Waals surface area contributed by atoms with Crippen LogP contribution in [0.15, 0.2) is 24.4 Å². The molecule has 0 radical (unpaired) electrons. The van der Waals surface area contributed by atoms with E-state index in [1.165, 1.54) is 0 Å². The van der Waals surface area contributed by atoms with Crippen LogP contribution in [-0.2, 0) is 13.0 Å². The molecule has 2 rings (SSSR count). The Balaban J connectivity index is 2.49. The number of nitrogens with zero attached hydrogens (tertiary/aromatic N) is 2. The first-order valence-corrected chi connectivity index (χ1v) is 5.04. The number of aryl methyl sites for hydroxylation is 1. The molecule has 2 aromatic rings. The van der Waals surface area contributed by atoms with E-state index in [9.17, 15) is 0 Å². The smallest absolute Gasteiger partial charge is 0.115 e. The first kappa shape index (κ1) is 9.86. The van der Waals surface area contributed by atoms with Crippen LogP contribution in [0.3, 0.4) is 0 Å². The highest BCUT2D eigenvalue weighted by molar-refractivity contribution is 5.59. The molecule has 2 aromatic heterocycles. The normalized spacial score (nSPS) is 10.5. The second-order valence-electron chi connectivity index (χ2n) is 3.30. The molecule has 0 atom stereocenters. The van der Waals surface area contributed by atoms with Gasteiger partial charge < -0.3 is 5.73 Å². The van der Waals surface area contributed by atoms with Gasteiger partial charge in [-0.05, 0) is 18.6 Å². The molecule has 0 saturated heterocycles. The predicted molar refractivity (Wildman–Crippen MR) is 59.1 cm³/mol. The molecule has 15 heavy (non-hydrogen) atoms. The van der Waals surface area contributed by atoms with Crippen LogP contribution in [0.2, 0.25) is 0 Å². The minimum Gasteiger partial charge on any atom is -0.326 e. The van der Waals surface area contributed by atoms with Gasteiger partial charge in [0.1, 0.15) is 5.69 Å². The fraction of sp³-hybridized carbons (Fsp3) is 0.273. The van der Waals surface area contributed by atoms with Crippen molar-refractivity contribution in [2.45, 2.75) is 19.9 Å². The molecule has 0 aliphatic heterocycles. The van der Waals surface area contributed by atoms with E-state index >= 15 is 0 Å². The zero-order valence-electron chi connectivity index (χ0n) is 8.70. The molecule has 0 saturated carbocycles. The van der Waals surface area contributed by atoms with E-state index in [-0.39, 0.29) is 0 Å². The van der Waals surface area contributed by atoms with Crippen molar-refractivity contribution in [1.29, 1.82) is 0 Å². The van der Waals surface area contributed by atoms with Crippen LogP contribution >= 0.6 is 0 Å². The summed E-state index contributed by atoms with van der Waals surface area (Å²) in [5, 5.41) is 7.26. The molecule has 3 N–H and O–H groups in total. The molecule has 0 unspecified atom stereocenters. The second kappa shape index (κ2) is 4.23. The summed E-state index contributed by atoms with van der Waals surface area (Å²) in [5.74, 6) is 0.